The Morgan fingerprint density at radius 2 is 1.96 bits per heavy atom. The van der Waals surface area contributed by atoms with Gasteiger partial charge < -0.3 is 25.0 Å². The molecule has 0 saturated carbocycles. The van der Waals surface area contributed by atoms with Crippen molar-refractivity contribution in [3.8, 4) is 0 Å². The standard InChI is InChI=1S/C20H27ClN4O3/c1-20(2,3)28-19(27)25-9-7-24(8-10-25)17-13-18(22-6-11-26)23-16-12-14(21)4-5-15(16)17/h4-5,12-13,26H,6-11H2,1-3H3,(H,22,23). The molecule has 1 saturated heterocycles. The third-order valence-electron chi connectivity index (χ3n) is 4.44. The molecule has 0 aliphatic carbocycles. The molecule has 0 radical (unpaired) electrons. The second-order valence-corrected chi connectivity index (χ2v) is 8.23. The van der Waals surface area contributed by atoms with Crippen LogP contribution < -0.4 is 10.2 Å². The number of hydrogen-bond donors (Lipinski definition) is 2. The highest BCUT2D eigenvalue weighted by Crippen LogP contribution is 2.31. The number of anilines is 2. The first-order valence-electron chi connectivity index (χ1n) is 9.45. The SMILES string of the molecule is CC(C)(C)OC(=O)N1CCN(c2cc(NCCO)nc3cc(Cl)ccc23)CC1. The molecule has 0 bridgehead atoms. The van der Waals surface area contributed by atoms with E-state index >= 15 is 0 Å². The van der Waals surface area contributed by atoms with Crippen molar-refractivity contribution in [1.29, 1.82) is 0 Å². The van der Waals surface area contributed by atoms with Crippen LogP contribution in [0.5, 0.6) is 0 Å². The third kappa shape index (κ3) is 4.97. The molecule has 1 aliphatic heterocycles. The average Bonchev–Trinajstić information content (AvgIpc) is 2.64. The van der Waals surface area contributed by atoms with Crippen LogP contribution >= 0.6 is 11.6 Å². The zero-order chi connectivity index (χ0) is 20.3. The molecule has 1 aliphatic rings. The van der Waals surface area contributed by atoms with Crippen LogP contribution in [0, 0.1) is 0 Å². The number of halogens is 1. The summed E-state index contributed by atoms with van der Waals surface area (Å²) in [6, 6.07) is 7.64. The number of nitrogens with one attached hydrogen (secondary N) is 1. The Hall–Kier alpha value is -2.25. The number of aromatic nitrogens is 1. The van der Waals surface area contributed by atoms with Gasteiger partial charge in [-0.2, -0.15) is 0 Å². The van der Waals surface area contributed by atoms with Crippen LogP contribution in [0.3, 0.4) is 0 Å². The van der Waals surface area contributed by atoms with Gasteiger partial charge in [0, 0.05) is 54.9 Å². The Morgan fingerprint density at radius 1 is 1.25 bits per heavy atom. The van der Waals surface area contributed by atoms with Gasteiger partial charge in [-0.05, 0) is 39.0 Å². The maximum atomic E-state index is 12.3. The molecule has 2 heterocycles. The van der Waals surface area contributed by atoms with Crippen molar-refractivity contribution < 1.29 is 14.6 Å². The first kappa shape index (κ1) is 20.5. The summed E-state index contributed by atoms with van der Waals surface area (Å²) >= 11 is 6.15. The largest absolute Gasteiger partial charge is 0.444 e. The van der Waals surface area contributed by atoms with Gasteiger partial charge in [0.1, 0.15) is 11.4 Å². The Morgan fingerprint density at radius 3 is 2.61 bits per heavy atom. The number of hydrogen-bond acceptors (Lipinski definition) is 6. The summed E-state index contributed by atoms with van der Waals surface area (Å²) in [7, 11) is 0. The molecule has 2 aromatic rings. The summed E-state index contributed by atoms with van der Waals surface area (Å²) in [6.45, 7) is 8.63. The lowest BCUT2D eigenvalue weighted by Crippen LogP contribution is -2.50. The fourth-order valence-corrected chi connectivity index (χ4v) is 3.34. The fraction of sp³-hybridized carbons (Fsp3) is 0.500. The van der Waals surface area contributed by atoms with Crippen LogP contribution in [0.15, 0.2) is 24.3 Å². The molecule has 1 amide bonds. The summed E-state index contributed by atoms with van der Waals surface area (Å²) in [5.41, 5.74) is 1.33. The summed E-state index contributed by atoms with van der Waals surface area (Å²) in [4.78, 5) is 20.9. The Kier molecular flexibility index (Phi) is 6.15. The van der Waals surface area contributed by atoms with E-state index in [0.29, 0.717) is 43.6 Å². The molecule has 8 heteroatoms. The third-order valence-corrected chi connectivity index (χ3v) is 4.68. The first-order valence-corrected chi connectivity index (χ1v) is 9.82. The number of pyridine rings is 1. The Balaban J connectivity index is 1.80. The predicted molar refractivity (Wildman–Crippen MR) is 112 cm³/mol. The molecule has 2 N–H and O–H groups in total. The smallest absolute Gasteiger partial charge is 0.410 e. The molecule has 28 heavy (non-hydrogen) atoms. The number of carbonyl (C=O) groups is 1. The van der Waals surface area contributed by atoms with Crippen molar-refractivity contribution >= 4 is 40.1 Å². The normalized spacial score (nSPS) is 15.0. The van der Waals surface area contributed by atoms with Crippen LogP contribution in [-0.2, 0) is 4.74 Å². The quantitative estimate of drug-likeness (QED) is 0.810. The van der Waals surface area contributed by atoms with Gasteiger partial charge in [0.2, 0.25) is 0 Å². The Bertz CT molecular complexity index is 845. The van der Waals surface area contributed by atoms with E-state index in [1.807, 2.05) is 45.0 Å². The van der Waals surface area contributed by atoms with Crippen molar-refractivity contribution in [3.05, 3.63) is 29.3 Å². The molecule has 1 aromatic heterocycles. The minimum atomic E-state index is -0.498. The van der Waals surface area contributed by atoms with Gasteiger partial charge >= 0.3 is 6.09 Å². The second kappa shape index (κ2) is 8.41. The molecule has 1 fully saturated rings. The van der Waals surface area contributed by atoms with Crippen molar-refractivity contribution in [2.75, 3.05) is 49.5 Å². The van der Waals surface area contributed by atoms with Gasteiger partial charge in [-0.3, -0.25) is 0 Å². The molecular weight excluding hydrogens is 380 g/mol. The van der Waals surface area contributed by atoms with Crippen molar-refractivity contribution in [3.63, 3.8) is 0 Å². The maximum Gasteiger partial charge on any atom is 0.410 e. The summed E-state index contributed by atoms with van der Waals surface area (Å²) < 4.78 is 5.48. The van der Waals surface area contributed by atoms with E-state index in [-0.39, 0.29) is 12.7 Å². The van der Waals surface area contributed by atoms with Gasteiger partial charge in [0.25, 0.3) is 0 Å². The number of rotatable bonds is 4. The maximum absolute atomic E-state index is 12.3. The van der Waals surface area contributed by atoms with Gasteiger partial charge in [0.15, 0.2) is 0 Å². The van der Waals surface area contributed by atoms with Gasteiger partial charge in [-0.25, -0.2) is 9.78 Å². The Labute approximate surface area is 170 Å². The minimum absolute atomic E-state index is 0.0269. The minimum Gasteiger partial charge on any atom is -0.444 e. The summed E-state index contributed by atoms with van der Waals surface area (Å²) in [5.74, 6) is 0.688. The second-order valence-electron chi connectivity index (χ2n) is 7.79. The van der Waals surface area contributed by atoms with Crippen LogP contribution in [-0.4, -0.2) is 66.0 Å². The van der Waals surface area contributed by atoms with Crippen molar-refractivity contribution in [2.24, 2.45) is 0 Å². The van der Waals surface area contributed by atoms with Crippen LogP contribution in [0.25, 0.3) is 10.9 Å². The zero-order valence-corrected chi connectivity index (χ0v) is 17.3. The number of carbonyl (C=O) groups excluding carboxylic acids is 1. The van der Waals surface area contributed by atoms with E-state index in [1.165, 1.54) is 0 Å². The number of ether oxygens (including phenoxy) is 1. The van der Waals surface area contributed by atoms with Gasteiger partial charge in [0.05, 0.1) is 12.1 Å². The first-order chi connectivity index (χ1) is 13.3. The lowest BCUT2D eigenvalue weighted by molar-refractivity contribution is 0.0240. The molecule has 0 spiro atoms. The number of nitrogens with zero attached hydrogens (tertiary/aromatic N) is 3. The van der Waals surface area contributed by atoms with Crippen LogP contribution in [0.2, 0.25) is 5.02 Å². The number of aliphatic hydroxyl groups excluding tert-OH is 1. The van der Waals surface area contributed by atoms with Crippen LogP contribution in [0.1, 0.15) is 20.8 Å². The summed E-state index contributed by atoms with van der Waals surface area (Å²) in [5, 5.41) is 13.8. The topological polar surface area (TPSA) is 77.9 Å². The molecule has 0 atom stereocenters. The lowest BCUT2D eigenvalue weighted by atomic mass is 10.1. The average molecular weight is 407 g/mol. The van der Waals surface area contributed by atoms with Crippen molar-refractivity contribution in [2.45, 2.75) is 26.4 Å². The van der Waals surface area contributed by atoms with Gasteiger partial charge in [-0.15, -0.1) is 0 Å². The van der Waals surface area contributed by atoms with Crippen LogP contribution in [0.4, 0.5) is 16.3 Å². The van der Waals surface area contributed by atoms with E-state index in [9.17, 15) is 4.79 Å². The number of piperazine rings is 1. The number of aliphatic hydroxyl groups is 1. The molecule has 152 valence electrons. The fourth-order valence-electron chi connectivity index (χ4n) is 3.18. The van der Waals surface area contributed by atoms with E-state index in [4.69, 9.17) is 21.4 Å². The monoisotopic (exact) mass is 406 g/mol. The summed E-state index contributed by atoms with van der Waals surface area (Å²) in [6.07, 6.45) is -0.274. The predicted octanol–water partition coefficient (Wildman–Crippen LogP) is 3.35. The number of benzene rings is 1. The highest BCUT2D eigenvalue weighted by atomic mass is 35.5. The number of amides is 1. The highest BCUT2D eigenvalue weighted by molar-refractivity contribution is 6.31. The van der Waals surface area contributed by atoms with E-state index in [2.05, 4.69) is 15.2 Å². The molecule has 0 unspecified atom stereocenters. The number of fused-ring (bicyclic) bond motifs is 1. The lowest BCUT2D eigenvalue weighted by Gasteiger charge is -2.37. The highest BCUT2D eigenvalue weighted by Gasteiger charge is 2.26. The molecule has 7 nitrogen and oxygen atoms in total. The van der Waals surface area contributed by atoms with E-state index in [0.717, 1.165) is 16.6 Å². The molecular formula is C20H27ClN4O3. The van der Waals surface area contributed by atoms with E-state index in [1.54, 1.807) is 4.90 Å². The van der Waals surface area contributed by atoms with Crippen molar-refractivity contribution in [1.82, 2.24) is 9.88 Å². The molecule has 1 aromatic carbocycles. The zero-order valence-electron chi connectivity index (χ0n) is 16.5. The van der Waals surface area contributed by atoms with Gasteiger partial charge in [-0.1, -0.05) is 11.6 Å². The van der Waals surface area contributed by atoms with E-state index < -0.39 is 5.60 Å². The molecule has 3 rings (SSSR count).